The number of aliphatic imine (C=N–C) groups is 1. The van der Waals surface area contributed by atoms with Crippen LogP contribution in [0.25, 0.3) is 0 Å². The van der Waals surface area contributed by atoms with E-state index in [1.54, 1.807) is 4.90 Å². The Morgan fingerprint density at radius 2 is 2.13 bits per heavy atom. The SMILES string of the molecule is NC1=NC2(CO1)c1cc(Br)ccc1OC1CCN(C(=O)OCc3ccccc3)C[C@@H]12. The summed E-state index contributed by atoms with van der Waals surface area (Å²) >= 11 is 3.54. The van der Waals surface area contributed by atoms with E-state index in [0.717, 1.165) is 21.3 Å². The first-order chi connectivity index (χ1) is 14.5. The van der Waals surface area contributed by atoms with Crippen molar-refractivity contribution in [1.29, 1.82) is 0 Å². The number of nitrogens with zero attached hydrogens (tertiary/aromatic N) is 2. The molecule has 8 heteroatoms. The van der Waals surface area contributed by atoms with E-state index in [1.807, 2.05) is 48.5 Å². The van der Waals surface area contributed by atoms with Crippen LogP contribution in [-0.2, 0) is 21.6 Å². The molecule has 0 aromatic heterocycles. The molecule has 2 N–H and O–H groups in total. The Bertz CT molecular complexity index is 999. The second kappa shape index (κ2) is 7.50. The minimum Gasteiger partial charge on any atom is -0.490 e. The van der Waals surface area contributed by atoms with Crippen molar-refractivity contribution in [2.75, 3.05) is 19.7 Å². The Labute approximate surface area is 182 Å². The fourth-order valence-corrected chi connectivity index (χ4v) is 4.95. The summed E-state index contributed by atoms with van der Waals surface area (Å²) in [6.07, 6.45) is 0.288. The van der Waals surface area contributed by atoms with Gasteiger partial charge in [-0.15, -0.1) is 0 Å². The molecule has 0 saturated carbocycles. The zero-order chi connectivity index (χ0) is 20.7. The number of halogens is 1. The molecule has 156 valence electrons. The lowest BCUT2D eigenvalue weighted by Crippen LogP contribution is -2.58. The standard InChI is InChI=1S/C22H22BrN3O4/c23-15-6-7-18-16(10-15)22(13-29-20(24)25-22)17-11-26(9-8-19(17)30-18)21(27)28-12-14-4-2-1-3-5-14/h1-7,10,17,19H,8-9,11-13H2,(H2,24,25)/t17-,19?,22?/m0/s1. The number of ether oxygens (including phenoxy) is 3. The predicted molar refractivity (Wildman–Crippen MR) is 114 cm³/mol. The quantitative estimate of drug-likeness (QED) is 0.724. The molecule has 30 heavy (non-hydrogen) atoms. The number of piperidine rings is 1. The number of carbonyl (C=O) groups is 1. The molecule has 5 rings (SSSR count). The highest BCUT2D eigenvalue weighted by Gasteiger charge is 2.56. The van der Waals surface area contributed by atoms with Crippen molar-refractivity contribution in [3.05, 3.63) is 64.1 Å². The van der Waals surface area contributed by atoms with Crippen molar-refractivity contribution in [3.63, 3.8) is 0 Å². The van der Waals surface area contributed by atoms with Crippen LogP contribution >= 0.6 is 15.9 Å². The number of benzene rings is 2. The number of amidine groups is 1. The van der Waals surface area contributed by atoms with Crippen molar-refractivity contribution in [2.24, 2.45) is 16.6 Å². The van der Waals surface area contributed by atoms with Gasteiger partial charge in [-0.1, -0.05) is 46.3 Å². The average Bonchev–Trinajstić information content (AvgIpc) is 3.16. The van der Waals surface area contributed by atoms with Gasteiger partial charge >= 0.3 is 6.09 Å². The smallest absolute Gasteiger partial charge is 0.410 e. The molecule has 0 aliphatic carbocycles. The number of hydrogen-bond donors (Lipinski definition) is 1. The Morgan fingerprint density at radius 1 is 1.30 bits per heavy atom. The fourth-order valence-electron chi connectivity index (χ4n) is 4.59. The molecule has 3 aliphatic heterocycles. The monoisotopic (exact) mass is 471 g/mol. The highest BCUT2D eigenvalue weighted by molar-refractivity contribution is 9.10. The van der Waals surface area contributed by atoms with Gasteiger partial charge in [-0.05, 0) is 23.8 Å². The summed E-state index contributed by atoms with van der Waals surface area (Å²) in [5.41, 5.74) is 7.14. The summed E-state index contributed by atoms with van der Waals surface area (Å²) in [6.45, 7) is 1.61. The largest absolute Gasteiger partial charge is 0.490 e. The van der Waals surface area contributed by atoms with Crippen molar-refractivity contribution < 1.29 is 19.0 Å². The van der Waals surface area contributed by atoms with Crippen LogP contribution in [0.5, 0.6) is 5.75 Å². The molecule has 3 aliphatic rings. The topological polar surface area (TPSA) is 86.4 Å². The van der Waals surface area contributed by atoms with Crippen LogP contribution in [0.4, 0.5) is 4.79 Å². The number of rotatable bonds is 2. The molecule has 1 spiro atoms. The first kappa shape index (κ1) is 19.2. The molecule has 3 atom stereocenters. The Kier molecular flexibility index (Phi) is 4.81. The molecule has 0 bridgehead atoms. The third kappa shape index (κ3) is 3.29. The predicted octanol–water partition coefficient (Wildman–Crippen LogP) is 3.41. The highest BCUT2D eigenvalue weighted by atomic mass is 79.9. The van der Waals surface area contributed by atoms with E-state index in [2.05, 4.69) is 15.9 Å². The van der Waals surface area contributed by atoms with Gasteiger partial charge < -0.3 is 24.8 Å². The summed E-state index contributed by atoms with van der Waals surface area (Å²) in [5, 5.41) is 0. The molecule has 1 amide bonds. The van der Waals surface area contributed by atoms with Crippen LogP contribution in [0.3, 0.4) is 0 Å². The van der Waals surface area contributed by atoms with Gasteiger partial charge in [0.05, 0.1) is 0 Å². The van der Waals surface area contributed by atoms with Gasteiger partial charge in [-0.25, -0.2) is 9.79 Å². The zero-order valence-corrected chi connectivity index (χ0v) is 17.9. The molecule has 1 saturated heterocycles. The molecule has 2 aromatic carbocycles. The third-order valence-corrected chi connectivity index (χ3v) is 6.56. The molecular weight excluding hydrogens is 450 g/mol. The minimum atomic E-state index is -0.676. The van der Waals surface area contributed by atoms with E-state index >= 15 is 0 Å². The first-order valence-corrected chi connectivity index (χ1v) is 10.7. The molecule has 2 unspecified atom stereocenters. The number of amides is 1. The van der Waals surface area contributed by atoms with E-state index in [0.29, 0.717) is 26.1 Å². The first-order valence-electron chi connectivity index (χ1n) is 9.95. The average molecular weight is 472 g/mol. The van der Waals surface area contributed by atoms with Gasteiger partial charge in [0.25, 0.3) is 6.02 Å². The highest BCUT2D eigenvalue weighted by Crippen LogP contribution is 2.50. The van der Waals surface area contributed by atoms with Gasteiger partial charge in [0.15, 0.2) is 0 Å². The van der Waals surface area contributed by atoms with Crippen LogP contribution in [0.15, 0.2) is 58.0 Å². The maximum Gasteiger partial charge on any atom is 0.410 e. The van der Waals surface area contributed by atoms with Gasteiger partial charge in [0, 0.05) is 35.5 Å². The Morgan fingerprint density at radius 3 is 2.90 bits per heavy atom. The summed E-state index contributed by atoms with van der Waals surface area (Å²) in [4.78, 5) is 19.2. The molecule has 3 heterocycles. The third-order valence-electron chi connectivity index (χ3n) is 6.06. The van der Waals surface area contributed by atoms with E-state index in [1.165, 1.54) is 0 Å². The van der Waals surface area contributed by atoms with Gasteiger partial charge in [-0.2, -0.15) is 0 Å². The van der Waals surface area contributed by atoms with E-state index in [4.69, 9.17) is 24.9 Å². The van der Waals surface area contributed by atoms with E-state index < -0.39 is 5.54 Å². The van der Waals surface area contributed by atoms with Crippen LogP contribution in [0, 0.1) is 5.92 Å². The maximum absolute atomic E-state index is 12.8. The Hall–Kier alpha value is -2.74. The molecule has 1 fully saturated rings. The summed E-state index contributed by atoms with van der Waals surface area (Å²) < 4.78 is 18.4. The van der Waals surface area contributed by atoms with Crippen molar-refractivity contribution in [3.8, 4) is 5.75 Å². The summed E-state index contributed by atoms with van der Waals surface area (Å²) in [5.74, 6) is 0.708. The normalized spacial score (nSPS) is 26.8. The second-order valence-electron chi connectivity index (χ2n) is 7.84. The molecule has 0 radical (unpaired) electrons. The van der Waals surface area contributed by atoms with Gasteiger partial charge in [0.2, 0.25) is 0 Å². The zero-order valence-electron chi connectivity index (χ0n) is 16.3. The second-order valence-corrected chi connectivity index (χ2v) is 8.76. The van der Waals surface area contributed by atoms with Crippen LogP contribution < -0.4 is 10.5 Å². The lowest BCUT2D eigenvalue weighted by molar-refractivity contribution is -0.0234. The lowest BCUT2D eigenvalue weighted by Gasteiger charge is -2.48. The Balaban J connectivity index is 1.39. The molecule has 7 nitrogen and oxygen atoms in total. The van der Waals surface area contributed by atoms with E-state index in [-0.39, 0.29) is 30.7 Å². The number of carbonyl (C=O) groups excluding carboxylic acids is 1. The van der Waals surface area contributed by atoms with Crippen molar-refractivity contribution in [2.45, 2.75) is 24.7 Å². The minimum absolute atomic E-state index is 0.0740. The van der Waals surface area contributed by atoms with Crippen LogP contribution in [0.1, 0.15) is 17.5 Å². The molecular formula is C22H22BrN3O4. The maximum atomic E-state index is 12.8. The number of hydrogen-bond acceptors (Lipinski definition) is 6. The van der Waals surface area contributed by atoms with Gasteiger partial charge in [-0.3, -0.25) is 0 Å². The van der Waals surface area contributed by atoms with E-state index in [9.17, 15) is 4.79 Å². The lowest BCUT2D eigenvalue weighted by atomic mass is 9.71. The number of fused-ring (bicyclic) bond motifs is 4. The van der Waals surface area contributed by atoms with Crippen LogP contribution in [0.2, 0.25) is 0 Å². The fraction of sp³-hybridized carbons (Fsp3) is 0.364. The van der Waals surface area contributed by atoms with Gasteiger partial charge in [0.1, 0.15) is 30.6 Å². The molecule has 2 aromatic rings. The van der Waals surface area contributed by atoms with Crippen molar-refractivity contribution >= 4 is 28.0 Å². The summed E-state index contributed by atoms with van der Waals surface area (Å²) in [6, 6.07) is 15.7. The summed E-state index contributed by atoms with van der Waals surface area (Å²) in [7, 11) is 0. The van der Waals surface area contributed by atoms with Crippen LogP contribution in [-0.4, -0.2) is 42.8 Å². The van der Waals surface area contributed by atoms with Crippen molar-refractivity contribution in [1.82, 2.24) is 4.90 Å². The number of nitrogens with two attached hydrogens (primary N) is 1. The number of likely N-dealkylation sites (tertiary alicyclic amines) is 1.